The highest BCUT2D eigenvalue weighted by molar-refractivity contribution is 6.53. The molecule has 0 aromatic heterocycles. The number of carbonyl (C=O) groups is 2. The van der Waals surface area contributed by atoms with Crippen LogP contribution in [0.4, 0.5) is 20.2 Å². The first kappa shape index (κ1) is 26.0. The number of hydrogen-bond donors (Lipinski definition) is 1. The van der Waals surface area contributed by atoms with E-state index >= 15 is 0 Å². The van der Waals surface area contributed by atoms with Crippen LogP contribution in [0.2, 0.25) is 15.1 Å². The molecule has 3 aromatic rings. The lowest BCUT2D eigenvalue weighted by molar-refractivity contribution is -0.117. The maximum Gasteiger partial charge on any atom is 0.258 e. The van der Waals surface area contributed by atoms with Crippen molar-refractivity contribution in [2.45, 2.75) is 10.3 Å². The monoisotopic (exact) mass is 576 g/mol. The maximum atomic E-state index is 13.6. The van der Waals surface area contributed by atoms with E-state index in [0.717, 1.165) is 17.0 Å². The highest BCUT2D eigenvalue weighted by Gasteiger charge is 2.67. The molecular weight excluding hydrogens is 564 g/mol. The molecule has 2 amide bonds. The number of alkyl halides is 2. The zero-order valence-electron chi connectivity index (χ0n) is 17.8. The molecule has 11 heteroatoms. The summed E-state index contributed by atoms with van der Waals surface area (Å²) in [6.07, 6.45) is 0. The van der Waals surface area contributed by atoms with Crippen LogP contribution in [-0.4, -0.2) is 23.2 Å². The van der Waals surface area contributed by atoms with Gasteiger partial charge in [-0.2, -0.15) is 0 Å². The smallest absolute Gasteiger partial charge is 0.258 e. The van der Waals surface area contributed by atoms with Gasteiger partial charge in [0.05, 0.1) is 16.6 Å². The van der Waals surface area contributed by atoms with E-state index in [1.165, 1.54) is 25.2 Å². The van der Waals surface area contributed by atoms with Crippen LogP contribution in [0.25, 0.3) is 0 Å². The Balaban J connectivity index is 1.55. The molecule has 35 heavy (non-hydrogen) atoms. The highest BCUT2D eigenvalue weighted by atomic mass is 35.5. The van der Waals surface area contributed by atoms with Gasteiger partial charge in [-0.15, -0.1) is 23.2 Å². The van der Waals surface area contributed by atoms with Gasteiger partial charge in [0.15, 0.2) is 0 Å². The molecule has 0 heterocycles. The zero-order chi connectivity index (χ0) is 25.7. The molecule has 1 fully saturated rings. The third-order valence-electron chi connectivity index (χ3n) is 5.57. The third kappa shape index (κ3) is 5.37. The molecule has 1 N–H and O–H groups in total. The average molecular weight is 579 g/mol. The first-order valence-corrected chi connectivity index (χ1v) is 12.0. The fourth-order valence-corrected chi connectivity index (χ4v) is 5.49. The lowest BCUT2D eigenvalue weighted by Gasteiger charge is -2.20. The Morgan fingerprint density at radius 1 is 0.914 bits per heavy atom. The second-order valence-corrected chi connectivity index (χ2v) is 10.7. The van der Waals surface area contributed by atoms with Crippen molar-refractivity contribution in [2.75, 3.05) is 17.3 Å². The largest absolute Gasteiger partial charge is 0.326 e. The van der Waals surface area contributed by atoms with Crippen molar-refractivity contribution in [3.63, 3.8) is 0 Å². The Labute approximate surface area is 224 Å². The summed E-state index contributed by atoms with van der Waals surface area (Å²) in [6, 6.07) is 11.8. The first-order valence-electron chi connectivity index (χ1n) is 10.1. The predicted octanol–water partition coefficient (Wildman–Crippen LogP) is 7.73. The fourth-order valence-electron chi connectivity index (χ4n) is 3.87. The predicted molar refractivity (Wildman–Crippen MR) is 136 cm³/mol. The fraction of sp³-hybridized carbons (Fsp3) is 0.167. The first-order chi connectivity index (χ1) is 16.4. The van der Waals surface area contributed by atoms with Gasteiger partial charge in [0.25, 0.3) is 5.91 Å². The molecule has 0 aliphatic heterocycles. The van der Waals surface area contributed by atoms with Gasteiger partial charge in [-0.1, -0.05) is 34.8 Å². The molecule has 0 radical (unpaired) electrons. The standard InChI is InChI=1S/C24H15Cl5F2N2O2/c1-33(23(35)12-6-15(30)9-16(31)7-12)19-10-17(2-3-18(19)27)32-22(34)21-20(24(21,28)29)11-4-13(25)8-14(26)5-11/h2-10,20-21H,1H3,(H,32,34). The van der Waals surface area contributed by atoms with E-state index in [4.69, 9.17) is 58.0 Å². The van der Waals surface area contributed by atoms with E-state index in [2.05, 4.69) is 5.32 Å². The van der Waals surface area contributed by atoms with E-state index in [1.54, 1.807) is 18.2 Å². The van der Waals surface area contributed by atoms with Crippen LogP contribution in [0.1, 0.15) is 21.8 Å². The second kappa shape index (κ2) is 9.75. The molecule has 2 atom stereocenters. The van der Waals surface area contributed by atoms with E-state index in [9.17, 15) is 18.4 Å². The van der Waals surface area contributed by atoms with Gasteiger partial charge in [0, 0.05) is 40.3 Å². The summed E-state index contributed by atoms with van der Waals surface area (Å²) in [5.74, 6) is -4.28. The van der Waals surface area contributed by atoms with Gasteiger partial charge in [-0.05, 0) is 54.1 Å². The molecule has 1 aliphatic carbocycles. The Kier molecular flexibility index (Phi) is 7.24. The summed E-state index contributed by atoms with van der Waals surface area (Å²) >= 11 is 31.2. The summed E-state index contributed by atoms with van der Waals surface area (Å²) < 4.78 is 25.8. The Morgan fingerprint density at radius 2 is 1.51 bits per heavy atom. The van der Waals surface area contributed by atoms with Crippen LogP contribution >= 0.6 is 58.0 Å². The number of amides is 2. The van der Waals surface area contributed by atoms with Crippen molar-refractivity contribution in [1.82, 2.24) is 0 Å². The molecule has 0 spiro atoms. The number of hydrogen-bond acceptors (Lipinski definition) is 2. The molecule has 0 bridgehead atoms. The van der Waals surface area contributed by atoms with Gasteiger partial charge in [-0.3, -0.25) is 9.59 Å². The van der Waals surface area contributed by atoms with E-state index in [-0.39, 0.29) is 16.3 Å². The van der Waals surface area contributed by atoms with E-state index in [0.29, 0.717) is 27.4 Å². The van der Waals surface area contributed by atoms with Crippen molar-refractivity contribution >= 4 is 81.2 Å². The molecule has 182 valence electrons. The number of nitrogens with zero attached hydrogens (tertiary/aromatic N) is 1. The van der Waals surface area contributed by atoms with Crippen LogP contribution < -0.4 is 10.2 Å². The number of nitrogens with one attached hydrogen (secondary N) is 1. The van der Waals surface area contributed by atoms with Crippen molar-refractivity contribution in [2.24, 2.45) is 5.92 Å². The van der Waals surface area contributed by atoms with Gasteiger partial charge >= 0.3 is 0 Å². The van der Waals surface area contributed by atoms with Gasteiger partial charge < -0.3 is 10.2 Å². The average Bonchev–Trinajstić information content (AvgIpc) is 3.34. The van der Waals surface area contributed by atoms with Gasteiger partial charge in [0.2, 0.25) is 5.91 Å². The third-order valence-corrected chi connectivity index (χ3v) is 7.27. The minimum absolute atomic E-state index is 0.178. The summed E-state index contributed by atoms with van der Waals surface area (Å²) in [5.41, 5.74) is 0.928. The number of halogens is 7. The van der Waals surface area contributed by atoms with Crippen molar-refractivity contribution in [1.29, 1.82) is 0 Å². The summed E-state index contributed by atoms with van der Waals surface area (Å²) in [7, 11) is 1.39. The molecule has 4 nitrogen and oxygen atoms in total. The number of rotatable bonds is 5. The summed E-state index contributed by atoms with van der Waals surface area (Å²) in [5, 5.41) is 3.67. The van der Waals surface area contributed by atoms with Crippen LogP contribution in [0.5, 0.6) is 0 Å². The van der Waals surface area contributed by atoms with Gasteiger partial charge in [-0.25, -0.2) is 8.78 Å². The number of anilines is 2. The molecular formula is C24H15Cl5F2N2O2. The number of carbonyl (C=O) groups excluding carboxylic acids is 2. The quantitative estimate of drug-likeness (QED) is 0.315. The summed E-state index contributed by atoms with van der Waals surface area (Å²) in [6.45, 7) is 0. The lowest BCUT2D eigenvalue weighted by Crippen LogP contribution is -2.27. The topological polar surface area (TPSA) is 49.4 Å². The molecule has 1 saturated carbocycles. The molecule has 4 rings (SSSR count). The minimum atomic E-state index is -1.37. The lowest BCUT2D eigenvalue weighted by atomic mass is 10.1. The normalized spacial score (nSPS) is 18.2. The van der Waals surface area contributed by atoms with Gasteiger partial charge in [0.1, 0.15) is 16.0 Å². The molecule has 3 aromatic carbocycles. The van der Waals surface area contributed by atoms with Crippen molar-refractivity contribution < 1.29 is 18.4 Å². The zero-order valence-corrected chi connectivity index (χ0v) is 21.5. The van der Waals surface area contributed by atoms with E-state index in [1.807, 2.05) is 0 Å². The van der Waals surface area contributed by atoms with Crippen molar-refractivity contribution in [3.05, 3.63) is 92.4 Å². The maximum absolute atomic E-state index is 13.6. The number of benzene rings is 3. The van der Waals surface area contributed by atoms with Crippen LogP contribution in [0.3, 0.4) is 0 Å². The molecule has 2 unspecified atom stereocenters. The molecule has 0 saturated heterocycles. The Bertz CT molecular complexity index is 1310. The van der Waals surface area contributed by atoms with Crippen LogP contribution in [-0.2, 0) is 4.79 Å². The second-order valence-electron chi connectivity index (χ2n) is 8.01. The van der Waals surface area contributed by atoms with Crippen LogP contribution in [0, 0.1) is 17.6 Å². The van der Waals surface area contributed by atoms with Crippen LogP contribution in [0.15, 0.2) is 54.6 Å². The Hall–Kier alpha value is -2.09. The molecule has 1 aliphatic rings. The summed E-state index contributed by atoms with van der Waals surface area (Å²) in [4.78, 5) is 26.9. The minimum Gasteiger partial charge on any atom is -0.326 e. The highest BCUT2D eigenvalue weighted by Crippen LogP contribution is 2.65. The Morgan fingerprint density at radius 3 is 2.11 bits per heavy atom. The SMILES string of the molecule is CN(C(=O)c1cc(F)cc(F)c1)c1cc(NC(=O)C2C(c3cc(Cl)cc(Cl)c3)C2(Cl)Cl)ccc1Cl. The van der Waals surface area contributed by atoms with Crippen molar-refractivity contribution in [3.8, 4) is 0 Å². The van der Waals surface area contributed by atoms with E-state index < -0.39 is 39.6 Å².